The minimum Gasteiger partial charge on any atom is -0.507 e. The lowest BCUT2D eigenvalue weighted by Crippen LogP contribution is -2.49. The summed E-state index contributed by atoms with van der Waals surface area (Å²) in [5.74, 6) is -2.76. The summed E-state index contributed by atoms with van der Waals surface area (Å²) in [5.41, 5.74) is 4.56. The summed E-state index contributed by atoms with van der Waals surface area (Å²) >= 11 is 0. The van der Waals surface area contributed by atoms with Crippen LogP contribution in [0.4, 0.5) is 0 Å². The van der Waals surface area contributed by atoms with Crippen molar-refractivity contribution in [2.45, 2.75) is 77.1 Å². The summed E-state index contributed by atoms with van der Waals surface area (Å²) in [5, 5.41) is 34.0. The van der Waals surface area contributed by atoms with Crippen LogP contribution in [0.3, 0.4) is 0 Å². The molecule has 3 aliphatic rings. The summed E-state index contributed by atoms with van der Waals surface area (Å²) in [7, 11) is 0. The molecule has 1 aliphatic heterocycles. The van der Waals surface area contributed by atoms with Crippen molar-refractivity contribution in [3.8, 4) is 11.5 Å². The van der Waals surface area contributed by atoms with Gasteiger partial charge in [0.2, 0.25) is 0 Å². The van der Waals surface area contributed by atoms with Crippen molar-refractivity contribution in [2.24, 2.45) is 11.7 Å². The lowest BCUT2D eigenvalue weighted by atomic mass is 9.71. The van der Waals surface area contributed by atoms with Gasteiger partial charge in [-0.1, -0.05) is 25.1 Å². The van der Waals surface area contributed by atoms with Gasteiger partial charge >= 0.3 is 0 Å². The number of hydrogen-bond donors (Lipinski definition) is 4. The van der Waals surface area contributed by atoms with E-state index in [-0.39, 0.29) is 64.3 Å². The molecule has 2 aromatic carbocycles. The molecule has 0 amide bonds. The number of ketones is 3. The van der Waals surface area contributed by atoms with Crippen LogP contribution in [0.1, 0.15) is 88.3 Å². The Kier molecular flexibility index (Phi) is 6.03. The second kappa shape index (κ2) is 8.73. The highest BCUT2D eigenvalue weighted by molar-refractivity contribution is 6.31. The Labute approximate surface area is 214 Å². The number of ether oxygens (including phenoxy) is 2. The zero-order valence-electron chi connectivity index (χ0n) is 21.2. The number of aryl methyl sites for hydroxylation is 1. The molecule has 1 saturated heterocycles. The van der Waals surface area contributed by atoms with Gasteiger partial charge in [0.05, 0.1) is 23.3 Å². The first-order valence-electron chi connectivity index (χ1n) is 12.4. The Bertz CT molecular complexity index is 1340. The predicted octanol–water partition coefficient (Wildman–Crippen LogP) is 2.60. The van der Waals surface area contributed by atoms with Crippen molar-refractivity contribution in [1.82, 2.24) is 0 Å². The Hall–Kier alpha value is -3.11. The Morgan fingerprint density at radius 3 is 2.43 bits per heavy atom. The molecule has 0 bridgehead atoms. The summed E-state index contributed by atoms with van der Waals surface area (Å²) in [6.45, 7) is 6.75. The highest BCUT2D eigenvalue weighted by Crippen LogP contribution is 2.52. The number of nitrogens with two attached hydrogens (primary N) is 1. The Morgan fingerprint density at radius 2 is 1.78 bits per heavy atom. The van der Waals surface area contributed by atoms with E-state index in [4.69, 9.17) is 15.2 Å². The van der Waals surface area contributed by atoms with Crippen LogP contribution in [0.15, 0.2) is 18.2 Å². The monoisotopic (exact) mass is 509 g/mol. The molecule has 0 saturated carbocycles. The van der Waals surface area contributed by atoms with Crippen LogP contribution >= 0.6 is 0 Å². The van der Waals surface area contributed by atoms with E-state index in [9.17, 15) is 29.7 Å². The number of phenols is 2. The van der Waals surface area contributed by atoms with E-state index < -0.39 is 46.8 Å². The number of aromatic hydroxyl groups is 2. The fourth-order valence-corrected chi connectivity index (χ4v) is 5.81. The van der Waals surface area contributed by atoms with Gasteiger partial charge in [-0.2, -0.15) is 0 Å². The molecule has 1 heterocycles. The third kappa shape index (κ3) is 3.80. The molecule has 9 nitrogen and oxygen atoms in total. The molecule has 5 unspecified atom stereocenters. The molecule has 196 valence electrons. The molecule has 0 radical (unpaired) electrons. The molecule has 5 N–H and O–H groups in total. The Balaban J connectivity index is 1.68. The van der Waals surface area contributed by atoms with Crippen molar-refractivity contribution in [2.75, 3.05) is 0 Å². The predicted molar refractivity (Wildman–Crippen MR) is 132 cm³/mol. The summed E-state index contributed by atoms with van der Waals surface area (Å²) in [6.07, 6.45) is -2.42. The number of rotatable bonds is 3. The SMILES string of the molecule is CC(=O)[C@]1(O)Cc2c(O)c3c(c(O)c2C(OC2CC(N)C(C)C(C)O2)C1)C(=O)c1c(C)cccc1C3=O. The van der Waals surface area contributed by atoms with Crippen LogP contribution in [-0.2, 0) is 20.7 Å². The number of fused-ring (bicyclic) bond motifs is 3. The molecule has 9 heteroatoms. The zero-order chi connectivity index (χ0) is 27.0. The highest BCUT2D eigenvalue weighted by Gasteiger charge is 2.49. The van der Waals surface area contributed by atoms with Gasteiger partial charge in [0.1, 0.15) is 17.1 Å². The van der Waals surface area contributed by atoms with Gasteiger partial charge in [0.15, 0.2) is 23.6 Å². The van der Waals surface area contributed by atoms with Gasteiger partial charge in [-0.15, -0.1) is 0 Å². The van der Waals surface area contributed by atoms with Crippen LogP contribution in [0, 0.1) is 12.8 Å². The van der Waals surface area contributed by atoms with Gasteiger partial charge in [-0.3, -0.25) is 14.4 Å². The Morgan fingerprint density at radius 1 is 1.11 bits per heavy atom. The first kappa shape index (κ1) is 25.5. The topological polar surface area (TPSA) is 156 Å². The maximum Gasteiger partial charge on any atom is 0.198 e. The number of hydrogen-bond acceptors (Lipinski definition) is 9. The average Bonchev–Trinajstić information content (AvgIpc) is 2.82. The number of aliphatic hydroxyl groups is 1. The number of Topliss-reactive ketones (excluding diaryl/α,β-unsaturated/α-hetero) is 1. The minimum atomic E-state index is -1.93. The van der Waals surface area contributed by atoms with E-state index in [2.05, 4.69) is 0 Å². The fraction of sp³-hybridized carbons (Fsp3) is 0.464. The fourth-order valence-electron chi connectivity index (χ4n) is 5.81. The maximum absolute atomic E-state index is 13.6. The lowest BCUT2D eigenvalue weighted by Gasteiger charge is -2.42. The van der Waals surface area contributed by atoms with Crippen molar-refractivity contribution in [3.63, 3.8) is 0 Å². The number of carbonyl (C=O) groups excluding carboxylic acids is 3. The normalized spacial score (nSPS) is 30.9. The van der Waals surface area contributed by atoms with Gasteiger partial charge in [-0.05, 0) is 32.3 Å². The molecule has 0 spiro atoms. The summed E-state index contributed by atoms with van der Waals surface area (Å²) < 4.78 is 12.2. The van der Waals surface area contributed by atoms with Gasteiger partial charge < -0.3 is 30.5 Å². The standard InChI is InChI=1S/C28H31NO8/c1-11-6-5-7-15-20(11)26(33)23-22(24(15)31)25(32)16-9-28(35,14(4)30)10-18(21(16)27(23)34)37-19-8-17(29)12(2)13(3)36-19/h5-7,12-13,17-19,32,34-35H,8-10,29H2,1-4H3/t12?,13?,17?,18?,19?,28-/m0/s1. The van der Waals surface area contributed by atoms with Crippen molar-refractivity contribution >= 4 is 17.3 Å². The van der Waals surface area contributed by atoms with Crippen LogP contribution < -0.4 is 5.73 Å². The zero-order valence-corrected chi connectivity index (χ0v) is 21.2. The van der Waals surface area contributed by atoms with Crippen molar-refractivity contribution < 1.29 is 39.2 Å². The molecule has 0 aromatic heterocycles. The van der Waals surface area contributed by atoms with Crippen LogP contribution in [0.5, 0.6) is 11.5 Å². The maximum atomic E-state index is 13.6. The summed E-state index contributed by atoms with van der Waals surface area (Å²) in [6, 6.07) is 4.59. The second-order valence-corrected chi connectivity index (χ2v) is 10.6. The lowest BCUT2D eigenvalue weighted by molar-refractivity contribution is -0.236. The molecule has 37 heavy (non-hydrogen) atoms. The third-order valence-corrected chi connectivity index (χ3v) is 8.32. The van der Waals surface area contributed by atoms with Gasteiger partial charge in [-0.25, -0.2) is 0 Å². The van der Waals surface area contributed by atoms with E-state index in [1.807, 2.05) is 13.8 Å². The molecule has 5 rings (SSSR count). The highest BCUT2D eigenvalue weighted by atomic mass is 16.7. The average molecular weight is 510 g/mol. The summed E-state index contributed by atoms with van der Waals surface area (Å²) in [4.78, 5) is 39.5. The van der Waals surface area contributed by atoms with Crippen LogP contribution in [0.25, 0.3) is 0 Å². The van der Waals surface area contributed by atoms with E-state index in [0.29, 0.717) is 12.0 Å². The van der Waals surface area contributed by atoms with E-state index in [1.54, 1.807) is 19.1 Å². The molecular formula is C28H31NO8. The molecule has 2 aliphatic carbocycles. The molecule has 1 fully saturated rings. The minimum absolute atomic E-state index is 0.0102. The number of carbonyl (C=O) groups is 3. The largest absolute Gasteiger partial charge is 0.507 e. The number of phenolic OH excluding ortho intramolecular Hbond substituents is 2. The third-order valence-electron chi connectivity index (χ3n) is 8.32. The van der Waals surface area contributed by atoms with Crippen molar-refractivity contribution in [1.29, 1.82) is 0 Å². The first-order chi connectivity index (χ1) is 17.4. The number of benzene rings is 2. The van der Waals surface area contributed by atoms with E-state index in [1.165, 1.54) is 13.0 Å². The van der Waals surface area contributed by atoms with Gasteiger partial charge in [0, 0.05) is 47.6 Å². The second-order valence-electron chi connectivity index (χ2n) is 10.6. The quantitative estimate of drug-likeness (QED) is 0.390. The van der Waals surface area contributed by atoms with Crippen LogP contribution in [-0.4, -0.2) is 56.7 Å². The molecule has 2 aromatic rings. The van der Waals surface area contributed by atoms with Crippen LogP contribution in [0.2, 0.25) is 0 Å². The molecule has 6 atom stereocenters. The smallest absolute Gasteiger partial charge is 0.198 e. The van der Waals surface area contributed by atoms with Crippen molar-refractivity contribution in [3.05, 3.63) is 57.1 Å². The van der Waals surface area contributed by atoms with E-state index >= 15 is 0 Å². The first-order valence-corrected chi connectivity index (χ1v) is 12.4. The van der Waals surface area contributed by atoms with Gasteiger partial charge in [0.25, 0.3) is 0 Å². The molecular weight excluding hydrogens is 478 g/mol. The van der Waals surface area contributed by atoms with E-state index in [0.717, 1.165) is 0 Å².